The lowest BCUT2D eigenvalue weighted by Crippen LogP contribution is -2.47. The predicted octanol–water partition coefficient (Wildman–Crippen LogP) is 10.3. The zero-order chi connectivity index (χ0) is 44.6. The Bertz CT molecular complexity index is 2700. The highest BCUT2D eigenvalue weighted by Gasteiger charge is 2.34. The van der Waals surface area contributed by atoms with E-state index < -0.39 is 25.7 Å². The van der Waals surface area contributed by atoms with Crippen molar-refractivity contribution < 1.29 is 27.6 Å². The highest BCUT2D eigenvalue weighted by Crippen LogP contribution is 2.44. The number of nitrogens with zero attached hydrogens (tertiary/aromatic N) is 4. The summed E-state index contributed by atoms with van der Waals surface area (Å²) in [5.74, 6) is 0.375. The highest BCUT2D eigenvalue weighted by molar-refractivity contribution is 7.90. The number of amides is 1. The van der Waals surface area contributed by atoms with Gasteiger partial charge in [-0.3, -0.25) is 19.8 Å². The van der Waals surface area contributed by atoms with Crippen molar-refractivity contribution in [2.75, 3.05) is 44.2 Å². The van der Waals surface area contributed by atoms with Crippen molar-refractivity contribution in [2.45, 2.75) is 83.0 Å². The van der Waals surface area contributed by atoms with Crippen LogP contribution in [-0.4, -0.2) is 73.4 Å². The summed E-state index contributed by atoms with van der Waals surface area (Å²) in [5, 5.41) is 13.9. The number of pyridine rings is 1. The maximum absolute atomic E-state index is 14.1. The molecule has 9 rings (SSSR count). The normalized spacial score (nSPS) is 19.5. The molecule has 15 heteroatoms. The molecule has 3 aromatic carbocycles. The summed E-state index contributed by atoms with van der Waals surface area (Å²) >= 11 is 6.25. The summed E-state index contributed by atoms with van der Waals surface area (Å²) in [4.78, 5) is 37.7. The number of H-pyrrole nitrogens is 1. The van der Waals surface area contributed by atoms with E-state index in [1.165, 1.54) is 48.2 Å². The van der Waals surface area contributed by atoms with Gasteiger partial charge in [-0.15, -0.1) is 0 Å². The van der Waals surface area contributed by atoms with Crippen molar-refractivity contribution in [3.05, 3.63) is 117 Å². The Balaban J connectivity index is 0.938. The number of nitro groups is 1. The summed E-state index contributed by atoms with van der Waals surface area (Å²) < 4.78 is 42.4. The Morgan fingerprint density at radius 2 is 1.80 bits per heavy atom. The van der Waals surface area contributed by atoms with Gasteiger partial charge >= 0.3 is 0 Å². The molecule has 13 nitrogen and oxygen atoms in total. The van der Waals surface area contributed by atoms with Crippen LogP contribution in [0.4, 0.5) is 11.4 Å². The molecule has 0 unspecified atom stereocenters. The summed E-state index contributed by atoms with van der Waals surface area (Å²) in [7, 11) is -4.61. The number of carbonyl (C=O) groups is 1. The van der Waals surface area contributed by atoms with Crippen LogP contribution in [0.25, 0.3) is 16.6 Å². The van der Waals surface area contributed by atoms with Crippen LogP contribution in [0.1, 0.15) is 93.1 Å². The Labute approximate surface area is 379 Å². The highest BCUT2D eigenvalue weighted by atomic mass is 35.5. The number of nitrogens with one attached hydrogen (secondary N) is 2. The lowest BCUT2D eigenvalue weighted by Gasteiger charge is -2.39. The van der Waals surface area contributed by atoms with Crippen molar-refractivity contribution in [3.63, 3.8) is 0 Å². The van der Waals surface area contributed by atoms with E-state index in [2.05, 4.69) is 50.5 Å². The number of allylic oxidation sites excluding steroid dienone is 1. The Morgan fingerprint density at radius 3 is 2.56 bits per heavy atom. The van der Waals surface area contributed by atoms with Gasteiger partial charge in [0.05, 0.1) is 33.7 Å². The smallest absolute Gasteiger partial charge is 0.277 e. The van der Waals surface area contributed by atoms with Crippen LogP contribution in [0, 0.1) is 27.4 Å². The van der Waals surface area contributed by atoms with E-state index >= 15 is 0 Å². The molecule has 336 valence electrons. The number of aromatic nitrogens is 2. The first kappa shape index (κ1) is 43.8. The number of nitro benzene ring substituents is 1. The van der Waals surface area contributed by atoms with E-state index in [4.69, 9.17) is 21.1 Å². The minimum absolute atomic E-state index is 0.0312. The molecule has 5 aromatic rings. The molecule has 0 bridgehead atoms. The first-order valence-corrected chi connectivity index (χ1v) is 24.3. The second kappa shape index (κ2) is 18.2. The lowest BCUT2D eigenvalue weighted by atomic mass is 9.72. The fourth-order valence-electron chi connectivity index (χ4n) is 10.1. The second-order valence-corrected chi connectivity index (χ2v) is 20.9. The van der Waals surface area contributed by atoms with E-state index in [1.807, 2.05) is 18.2 Å². The quantitative estimate of drug-likeness (QED) is 0.0911. The average Bonchev–Trinajstić information content (AvgIpc) is 3.75. The van der Waals surface area contributed by atoms with Gasteiger partial charge in [-0.2, -0.15) is 0 Å². The first-order chi connectivity index (χ1) is 30.8. The predicted molar refractivity (Wildman–Crippen MR) is 249 cm³/mol. The fraction of sp³-hybridized carbons (Fsp3) is 0.429. The summed E-state index contributed by atoms with van der Waals surface area (Å²) in [6.45, 7) is 9.01. The van der Waals surface area contributed by atoms with Gasteiger partial charge in [0.2, 0.25) is 0 Å². The second-order valence-electron chi connectivity index (χ2n) is 18.8. The molecule has 1 amide bonds. The number of rotatable bonds is 12. The number of ether oxygens (including phenoxy) is 2. The maximum atomic E-state index is 14.1. The Morgan fingerprint density at radius 1 is 1.02 bits per heavy atom. The number of anilines is 1. The Kier molecular flexibility index (Phi) is 12.5. The monoisotopic (exact) mass is 906 g/mol. The molecular weight excluding hydrogens is 852 g/mol. The van der Waals surface area contributed by atoms with Crippen molar-refractivity contribution in [2.24, 2.45) is 17.3 Å². The van der Waals surface area contributed by atoms with Gasteiger partial charge < -0.3 is 19.4 Å². The first-order valence-electron chi connectivity index (χ1n) is 22.5. The number of halogens is 1. The molecule has 64 heavy (non-hydrogen) atoms. The van der Waals surface area contributed by atoms with E-state index in [9.17, 15) is 23.3 Å². The number of carbonyl (C=O) groups excluding carboxylic acids is 1. The standard InChI is InChI=1S/C49H55ClN6O7S/c1-49(2)16-14-36(43(28-49)34-8-10-37(50)11-9-34)30-54-18-20-55(21-19-54)38-12-13-41(46(25-38)63-39-24-35-15-17-51-47(35)52-29-39)48(57)53-64(60,61)40-26-44(56(58)59)42-23-33(31-62-45(42)27-40)22-32-6-4-3-5-7-32/h8-13,15,17,24-27,29,32-33H,3-7,14,16,18-23,28,30-31H2,1-2H3,(H,51,52)(H,53,57)/t33-/m1/s1. The van der Waals surface area contributed by atoms with Gasteiger partial charge in [0.25, 0.3) is 21.6 Å². The summed E-state index contributed by atoms with van der Waals surface area (Å²) in [5.41, 5.74) is 5.85. The van der Waals surface area contributed by atoms with Crippen LogP contribution in [0.15, 0.2) is 89.6 Å². The van der Waals surface area contributed by atoms with Crippen LogP contribution in [-0.2, 0) is 16.4 Å². The van der Waals surface area contributed by atoms with Crippen LogP contribution >= 0.6 is 11.6 Å². The molecule has 1 atom stereocenters. The van der Waals surface area contributed by atoms with Gasteiger partial charge in [0, 0.05) is 73.2 Å². The molecule has 1 saturated heterocycles. The van der Waals surface area contributed by atoms with E-state index in [-0.39, 0.29) is 34.1 Å². The van der Waals surface area contributed by atoms with Crippen molar-refractivity contribution in [3.8, 4) is 17.2 Å². The van der Waals surface area contributed by atoms with Crippen molar-refractivity contribution in [1.82, 2.24) is 19.6 Å². The zero-order valence-electron chi connectivity index (χ0n) is 36.4. The lowest BCUT2D eigenvalue weighted by molar-refractivity contribution is -0.386. The topological polar surface area (TPSA) is 160 Å². The number of hydrogen-bond acceptors (Lipinski definition) is 10. The van der Waals surface area contributed by atoms with Crippen molar-refractivity contribution >= 4 is 55.5 Å². The third kappa shape index (κ3) is 9.79. The molecule has 4 heterocycles. The van der Waals surface area contributed by atoms with Gasteiger partial charge in [0.15, 0.2) is 0 Å². The van der Waals surface area contributed by atoms with Crippen molar-refractivity contribution in [1.29, 1.82) is 0 Å². The van der Waals surface area contributed by atoms with Crippen LogP contribution in [0.2, 0.25) is 5.02 Å². The molecule has 1 saturated carbocycles. The van der Waals surface area contributed by atoms with Gasteiger partial charge in [0.1, 0.15) is 22.9 Å². The SMILES string of the molecule is CC1(C)CCC(CN2CCN(c3ccc(C(=O)NS(=O)(=O)c4cc5c(c([N+](=O)[O-])c4)C[C@@H](CC4CCCCC4)CO5)c(Oc4cnc5[nH]ccc5c4)c3)CC2)=C(c2ccc(Cl)cc2)C1. The third-order valence-electron chi connectivity index (χ3n) is 13.6. The molecule has 2 N–H and O–H groups in total. The minimum Gasteiger partial charge on any atom is -0.493 e. The number of fused-ring (bicyclic) bond motifs is 2. The number of benzene rings is 3. The van der Waals surface area contributed by atoms with E-state index in [0.29, 0.717) is 35.9 Å². The van der Waals surface area contributed by atoms with Gasteiger partial charge in [-0.05, 0) is 96.9 Å². The number of aromatic amines is 1. The van der Waals surface area contributed by atoms with Crippen LogP contribution < -0.4 is 19.1 Å². The van der Waals surface area contributed by atoms with Crippen LogP contribution in [0.5, 0.6) is 17.2 Å². The Hall–Kier alpha value is -5.44. The molecule has 0 spiro atoms. The molecule has 2 aliphatic heterocycles. The summed E-state index contributed by atoms with van der Waals surface area (Å²) in [6, 6.07) is 19.3. The molecule has 2 aromatic heterocycles. The van der Waals surface area contributed by atoms with E-state index in [1.54, 1.807) is 30.5 Å². The van der Waals surface area contributed by atoms with Gasteiger partial charge in [-0.25, -0.2) is 18.1 Å². The minimum atomic E-state index is -4.61. The molecule has 2 aliphatic carbocycles. The molecular formula is C49H55ClN6O7S. The largest absolute Gasteiger partial charge is 0.493 e. The summed E-state index contributed by atoms with van der Waals surface area (Å²) in [6.07, 6.45) is 13.8. The molecule has 0 radical (unpaired) electrons. The number of piperazine rings is 1. The fourth-order valence-corrected chi connectivity index (χ4v) is 11.2. The third-order valence-corrected chi connectivity index (χ3v) is 15.2. The average molecular weight is 908 g/mol. The van der Waals surface area contributed by atoms with Crippen LogP contribution in [0.3, 0.4) is 0 Å². The zero-order valence-corrected chi connectivity index (χ0v) is 38.0. The molecule has 2 fully saturated rings. The van der Waals surface area contributed by atoms with E-state index in [0.717, 1.165) is 93.4 Å². The maximum Gasteiger partial charge on any atom is 0.277 e. The van der Waals surface area contributed by atoms with Gasteiger partial charge in [-0.1, -0.05) is 75.3 Å². The number of hydrogen-bond donors (Lipinski definition) is 2. The molecule has 4 aliphatic rings. The number of sulfonamides is 1.